The number of pyridine rings is 1. The SMILES string of the molecule is CC(C)(C)NC(=O)OC1(c2ccc(Nc3nc(Nc4cccc(N5CCOCC5)c4)ccc3[N+](=O)[O-])cc2)CCC1. The number of anilines is 5. The molecule has 41 heavy (non-hydrogen) atoms. The molecule has 0 spiro atoms. The number of hydrogen-bond donors (Lipinski definition) is 3. The van der Waals surface area contributed by atoms with Gasteiger partial charge in [0.25, 0.3) is 0 Å². The third-order valence-corrected chi connectivity index (χ3v) is 7.17. The summed E-state index contributed by atoms with van der Waals surface area (Å²) in [5, 5.41) is 21.0. The van der Waals surface area contributed by atoms with E-state index < -0.39 is 22.2 Å². The topological polar surface area (TPSA) is 131 Å². The van der Waals surface area contributed by atoms with Crippen molar-refractivity contribution in [2.45, 2.75) is 51.2 Å². The molecule has 0 radical (unpaired) electrons. The van der Waals surface area contributed by atoms with Gasteiger partial charge in [0, 0.05) is 41.8 Å². The highest BCUT2D eigenvalue weighted by atomic mass is 16.6. The molecule has 5 rings (SSSR count). The number of amides is 1. The van der Waals surface area contributed by atoms with Crippen molar-refractivity contribution in [2.24, 2.45) is 0 Å². The van der Waals surface area contributed by atoms with E-state index in [-0.39, 0.29) is 11.5 Å². The summed E-state index contributed by atoms with van der Waals surface area (Å²) in [7, 11) is 0. The molecule has 2 heterocycles. The van der Waals surface area contributed by atoms with Gasteiger partial charge in [0.1, 0.15) is 11.4 Å². The van der Waals surface area contributed by atoms with Crippen molar-refractivity contribution in [1.29, 1.82) is 0 Å². The highest BCUT2D eigenvalue weighted by Crippen LogP contribution is 2.45. The van der Waals surface area contributed by atoms with Crippen LogP contribution in [0.1, 0.15) is 45.6 Å². The minimum atomic E-state index is -0.669. The number of alkyl carbamates (subject to hydrolysis) is 1. The van der Waals surface area contributed by atoms with E-state index in [0.29, 0.717) is 24.7 Å². The van der Waals surface area contributed by atoms with Crippen molar-refractivity contribution in [2.75, 3.05) is 41.8 Å². The van der Waals surface area contributed by atoms with Crippen LogP contribution in [0.4, 0.5) is 39.2 Å². The van der Waals surface area contributed by atoms with Crippen LogP contribution in [0.15, 0.2) is 60.7 Å². The second-order valence-corrected chi connectivity index (χ2v) is 11.4. The van der Waals surface area contributed by atoms with Crippen LogP contribution in [0.25, 0.3) is 0 Å². The minimum Gasteiger partial charge on any atom is -0.438 e. The Kier molecular flexibility index (Phi) is 7.98. The van der Waals surface area contributed by atoms with Crippen LogP contribution in [-0.4, -0.2) is 47.8 Å². The summed E-state index contributed by atoms with van der Waals surface area (Å²) >= 11 is 0. The van der Waals surface area contributed by atoms with Crippen molar-refractivity contribution in [3.63, 3.8) is 0 Å². The molecule has 1 saturated carbocycles. The van der Waals surface area contributed by atoms with Gasteiger partial charge in [0.15, 0.2) is 0 Å². The summed E-state index contributed by atoms with van der Waals surface area (Å²) in [6.07, 6.45) is 2.00. The molecule has 2 fully saturated rings. The first-order valence-electron chi connectivity index (χ1n) is 13.8. The molecule has 1 aliphatic carbocycles. The monoisotopic (exact) mass is 560 g/mol. The molecular weight excluding hydrogens is 524 g/mol. The maximum Gasteiger partial charge on any atom is 0.408 e. The van der Waals surface area contributed by atoms with Crippen molar-refractivity contribution in [3.8, 4) is 0 Å². The Labute approximate surface area is 239 Å². The summed E-state index contributed by atoms with van der Waals surface area (Å²) < 4.78 is 11.3. The standard InChI is InChI=1S/C30H36N6O5/c1-29(2,3)34-28(37)41-30(14-5-15-30)21-8-10-22(11-9-21)32-27-25(36(38)39)12-13-26(33-27)31-23-6-4-7-24(20-23)35-16-18-40-19-17-35/h4,6-13,20H,5,14-19H2,1-3H3,(H,34,37)(H2,31,32,33). The van der Waals surface area contributed by atoms with Gasteiger partial charge in [-0.1, -0.05) is 18.2 Å². The van der Waals surface area contributed by atoms with Crippen LogP contribution < -0.4 is 20.9 Å². The summed E-state index contributed by atoms with van der Waals surface area (Å²) in [6, 6.07) is 18.4. The highest BCUT2D eigenvalue weighted by Gasteiger charge is 2.43. The van der Waals surface area contributed by atoms with Gasteiger partial charge < -0.3 is 30.3 Å². The Balaban J connectivity index is 1.31. The van der Waals surface area contributed by atoms with Gasteiger partial charge in [-0.15, -0.1) is 0 Å². The molecule has 1 saturated heterocycles. The molecule has 1 aromatic heterocycles. The van der Waals surface area contributed by atoms with E-state index >= 15 is 0 Å². The van der Waals surface area contributed by atoms with Gasteiger partial charge in [-0.3, -0.25) is 10.1 Å². The van der Waals surface area contributed by atoms with Gasteiger partial charge >= 0.3 is 11.8 Å². The average molecular weight is 561 g/mol. The molecule has 3 N–H and O–H groups in total. The molecule has 11 heteroatoms. The van der Waals surface area contributed by atoms with Gasteiger partial charge in [-0.2, -0.15) is 0 Å². The zero-order chi connectivity index (χ0) is 29.0. The van der Waals surface area contributed by atoms with Crippen LogP contribution in [0.2, 0.25) is 0 Å². The number of nitrogens with one attached hydrogen (secondary N) is 3. The molecule has 0 bridgehead atoms. The fourth-order valence-corrected chi connectivity index (χ4v) is 4.96. The normalized spacial score (nSPS) is 16.3. The lowest BCUT2D eigenvalue weighted by atomic mass is 9.75. The lowest BCUT2D eigenvalue weighted by Crippen LogP contribution is -2.47. The van der Waals surface area contributed by atoms with Gasteiger partial charge in [0.2, 0.25) is 5.82 Å². The van der Waals surface area contributed by atoms with E-state index in [0.717, 1.165) is 49.3 Å². The Morgan fingerprint density at radius 2 is 1.76 bits per heavy atom. The smallest absolute Gasteiger partial charge is 0.408 e. The van der Waals surface area contributed by atoms with E-state index in [4.69, 9.17) is 9.47 Å². The Morgan fingerprint density at radius 1 is 1.02 bits per heavy atom. The number of rotatable bonds is 8. The fraction of sp³-hybridized carbons (Fsp3) is 0.400. The number of morpholine rings is 1. The second-order valence-electron chi connectivity index (χ2n) is 11.4. The molecule has 1 amide bonds. The van der Waals surface area contributed by atoms with E-state index in [9.17, 15) is 14.9 Å². The average Bonchev–Trinajstić information content (AvgIpc) is 2.91. The first kappa shape index (κ1) is 28.2. The van der Waals surface area contributed by atoms with Crippen LogP contribution in [0, 0.1) is 10.1 Å². The maximum absolute atomic E-state index is 12.5. The number of aromatic nitrogens is 1. The third kappa shape index (κ3) is 6.86. The maximum atomic E-state index is 12.5. The van der Waals surface area contributed by atoms with Crippen molar-refractivity contribution >= 4 is 40.5 Å². The van der Waals surface area contributed by atoms with Crippen LogP contribution in [-0.2, 0) is 15.1 Å². The molecule has 0 unspecified atom stereocenters. The molecule has 0 atom stereocenters. The number of nitrogens with zero attached hydrogens (tertiary/aromatic N) is 3. The lowest BCUT2D eigenvalue weighted by Gasteiger charge is -2.42. The minimum absolute atomic E-state index is 0.122. The van der Waals surface area contributed by atoms with Crippen molar-refractivity contribution in [1.82, 2.24) is 10.3 Å². The predicted octanol–water partition coefficient (Wildman–Crippen LogP) is 6.22. The number of ether oxygens (including phenoxy) is 2. The predicted molar refractivity (Wildman–Crippen MR) is 158 cm³/mol. The lowest BCUT2D eigenvalue weighted by molar-refractivity contribution is -0.384. The summed E-state index contributed by atoms with van der Waals surface area (Å²) in [4.78, 5) is 30.6. The molecule has 1 aliphatic heterocycles. The fourth-order valence-electron chi connectivity index (χ4n) is 4.96. The second kappa shape index (κ2) is 11.6. The number of carbonyl (C=O) groups is 1. The first-order valence-corrected chi connectivity index (χ1v) is 13.8. The van der Waals surface area contributed by atoms with Crippen LogP contribution in [0.5, 0.6) is 0 Å². The van der Waals surface area contributed by atoms with E-state index in [1.807, 2.05) is 69.3 Å². The quantitative estimate of drug-likeness (QED) is 0.217. The zero-order valence-corrected chi connectivity index (χ0v) is 23.6. The largest absolute Gasteiger partial charge is 0.438 e. The van der Waals surface area contributed by atoms with Gasteiger partial charge in [-0.25, -0.2) is 9.78 Å². The molecule has 3 aromatic rings. The molecule has 2 aliphatic rings. The van der Waals surface area contributed by atoms with E-state index in [1.54, 1.807) is 6.07 Å². The Bertz CT molecular complexity index is 1400. The molecular formula is C30H36N6O5. The van der Waals surface area contributed by atoms with Gasteiger partial charge in [0.05, 0.1) is 18.1 Å². The zero-order valence-electron chi connectivity index (χ0n) is 23.6. The molecule has 2 aromatic carbocycles. The van der Waals surface area contributed by atoms with Crippen molar-refractivity contribution < 1.29 is 19.2 Å². The van der Waals surface area contributed by atoms with E-state index in [1.165, 1.54) is 6.07 Å². The number of benzene rings is 2. The summed E-state index contributed by atoms with van der Waals surface area (Å²) in [6.45, 7) is 8.75. The summed E-state index contributed by atoms with van der Waals surface area (Å²) in [5.74, 6) is 0.594. The first-order chi connectivity index (χ1) is 19.6. The van der Waals surface area contributed by atoms with Gasteiger partial charge in [-0.05, 0) is 82.0 Å². The van der Waals surface area contributed by atoms with Crippen molar-refractivity contribution in [3.05, 3.63) is 76.3 Å². The van der Waals surface area contributed by atoms with Crippen LogP contribution >= 0.6 is 0 Å². The number of nitro groups is 1. The van der Waals surface area contributed by atoms with Crippen LogP contribution in [0.3, 0.4) is 0 Å². The summed E-state index contributed by atoms with van der Waals surface area (Å²) in [5.41, 5.74) is 2.21. The molecule has 216 valence electrons. The number of carbonyl (C=O) groups excluding carboxylic acids is 1. The molecule has 11 nitrogen and oxygen atoms in total. The third-order valence-electron chi connectivity index (χ3n) is 7.17. The highest BCUT2D eigenvalue weighted by molar-refractivity contribution is 5.71. The van der Waals surface area contributed by atoms with E-state index in [2.05, 4.69) is 25.8 Å². The number of hydrogen-bond acceptors (Lipinski definition) is 9. The Hall–Kier alpha value is -4.38. The Morgan fingerprint density at radius 3 is 2.39 bits per heavy atom.